The van der Waals surface area contributed by atoms with Crippen LogP contribution in [0.25, 0.3) is 22.6 Å². The molecule has 1 aliphatic heterocycles. The van der Waals surface area contributed by atoms with Gasteiger partial charge in [0.1, 0.15) is 11.5 Å². The molecule has 0 saturated carbocycles. The Hall–Kier alpha value is -3.72. The van der Waals surface area contributed by atoms with Gasteiger partial charge in [-0.1, -0.05) is 123 Å². The molecule has 0 bridgehead atoms. The summed E-state index contributed by atoms with van der Waals surface area (Å²) in [5, 5.41) is 3.50. The molecule has 3 aromatic carbocycles. The van der Waals surface area contributed by atoms with Crippen LogP contribution in [0.2, 0.25) is 0 Å². The molecule has 2 heterocycles. The van der Waals surface area contributed by atoms with Crippen LogP contribution in [-0.4, -0.2) is 34.9 Å². The first kappa shape index (κ1) is 31.7. The Morgan fingerprint density at radius 2 is 1.45 bits per heavy atom. The second-order valence-corrected chi connectivity index (χ2v) is 11.9. The van der Waals surface area contributed by atoms with E-state index in [1.54, 1.807) is 0 Å². The van der Waals surface area contributed by atoms with Gasteiger partial charge in [0.25, 0.3) is 5.22 Å². The van der Waals surface area contributed by atoms with E-state index in [0.717, 1.165) is 53.8 Å². The second kappa shape index (κ2) is 16.4. The van der Waals surface area contributed by atoms with Gasteiger partial charge in [-0.05, 0) is 18.4 Å². The smallest absolute Gasteiger partial charge is 0.256 e. The molecule has 1 amide bonds. The van der Waals surface area contributed by atoms with Gasteiger partial charge in [0.05, 0.1) is 12.2 Å². The topological polar surface area (TPSA) is 90.7 Å². The predicted octanol–water partition coefficient (Wildman–Crippen LogP) is 8.37. The lowest BCUT2D eigenvalue weighted by Crippen LogP contribution is -2.46. The molecule has 1 aliphatic rings. The third kappa shape index (κ3) is 9.14. The fraction of sp³-hybridized carbons (Fsp3) is 0.361. The summed E-state index contributed by atoms with van der Waals surface area (Å²) in [7, 11) is 0. The summed E-state index contributed by atoms with van der Waals surface area (Å²) in [5.74, 6) is 1.51. The van der Waals surface area contributed by atoms with E-state index in [2.05, 4.69) is 5.32 Å². The summed E-state index contributed by atoms with van der Waals surface area (Å²) >= 11 is 1.50. The summed E-state index contributed by atoms with van der Waals surface area (Å²) < 4.78 is 18.8. The standard InChI is InChI=1S/C36H40N2O5S/c1-2-29(39)22-14-3-4-15-23-32(40)37-35-41-30(24-31(42-35)26-16-8-5-9-17-26)25-44-36-38-33(27-18-10-6-11-19-27)34(43-36)28-20-12-7-13-21-28/h5-13,16-21,30-31,35H,2-4,14-15,22-25H2,1H3,(H,37,40). The molecule has 1 aromatic heterocycles. The Bertz CT molecular complexity index is 1400. The van der Waals surface area contributed by atoms with Crippen LogP contribution in [0.5, 0.6) is 0 Å². The molecule has 0 aliphatic carbocycles. The minimum absolute atomic E-state index is 0.104. The monoisotopic (exact) mass is 612 g/mol. The molecule has 0 radical (unpaired) electrons. The van der Waals surface area contributed by atoms with Crippen LogP contribution in [-0.2, 0) is 19.1 Å². The zero-order valence-corrected chi connectivity index (χ0v) is 26.0. The average molecular weight is 613 g/mol. The minimum Gasteiger partial charge on any atom is -0.431 e. The Kier molecular flexibility index (Phi) is 11.8. The Morgan fingerprint density at radius 3 is 2.14 bits per heavy atom. The van der Waals surface area contributed by atoms with Crippen LogP contribution in [0.15, 0.2) is 101 Å². The second-order valence-electron chi connectivity index (χ2n) is 10.9. The molecule has 1 N–H and O–H groups in total. The van der Waals surface area contributed by atoms with Gasteiger partial charge in [-0.15, -0.1) is 0 Å². The number of aromatic nitrogens is 1. The van der Waals surface area contributed by atoms with Gasteiger partial charge >= 0.3 is 0 Å². The molecule has 3 unspecified atom stereocenters. The van der Waals surface area contributed by atoms with Crippen molar-refractivity contribution in [3.63, 3.8) is 0 Å². The number of hydrogen-bond acceptors (Lipinski definition) is 7. The molecule has 0 spiro atoms. The first-order valence-electron chi connectivity index (χ1n) is 15.5. The summed E-state index contributed by atoms with van der Waals surface area (Å²) in [6, 6.07) is 30.1. The number of benzene rings is 3. The van der Waals surface area contributed by atoms with E-state index in [1.807, 2.05) is 97.9 Å². The normalized spacial score (nSPS) is 18.2. The van der Waals surface area contributed by atoms with E-state index >= 15 is 0 Å². The molecular formula is C36H40N2O5S. The maximum absolute atomic E-state index is 12.8. The number of nitrogens with one attached hydrogen (secondary N) is 1. The lowest BCUT2D eigenvalue weighted by atomic mass is 10.0. The van der Waals surface area contributed by atoms with Gasteiger partial charge in [0, 0.05) is 42.6 Å². The van der Waals surface area contributed by atoms with Crippen molar-refractivity contribution in [1.29, 1.82) is 0 Å². The van der Waals surface area contributed by atoms with Gasteiger partial charge in [-0.25, -0.2) is 4.98 Å². The van der Waals surface area contributed by atoms with E-state index in [4.69, 9.17) is 18.9 Å². The van der Waals surface area contributed by atoms with Crippen molar-refractivity contribution >= 4 is 23.5 Å². The number of carbonyl (C=O) groups is 2. The number of ether oxygens (including phenoxy) is 2. The Balaban J connectivity index is 1.22. The number of oxazole rings is 1. The number of thioether (sulfide) groups is 1. The van der Waals surface area contributed by atoms with Crippen molar-refractivity contribution in [1.82, 2.24) is 10.3 Å². The van der Waals surface area contributed by atoms with Crippen LogP contribution in [0, 0.1) is 0 Å². The molecule has 8 heteroatoms. The van der Waals surface area contributed by atoms with Crippen LogP contribution >= 0.6 is 11.8 Å². The highest BCUT2D eigenvalue weighted by molar-refractivity contribution is 7.99. The lowest BCUT2D eigenvalue weighted by molar-refractivity contribution is -0.251. The van der Waals surface area contributed by atoms with E-state index in [0.29, 0.717) is 42.4 Å². The van der Waals surface area contributed by atoms with Crippen molar-refractivity contribution in [2.45, 2.75) is 82.1 Å². The summed E-state index contributed by atoms with van der Waals surface area (Å²) in [4.78, 5) is 29.1. The van der Waals surface area contributed by atoms with Crippen molar-refractivity contribution in [2.75, 3.05) is 5.75 Å². The zero-order valence-electron chi connectivity index (χ0n) is 25.2. The van der Waals surface area contributed by atoms with Crippen molar-refractivity contribution in [2.24, 2.45) is 0 Å². The van der Waals surface area contributed by atoms with Crippen LogP contribution < -0.4 is 5.32 Å². The number of rotatable bonds is 15. The van der Waals surface area contributed by atoms with E-state index in [1.165, 1.54) is 11.8 Å². The number of unbranched alkanes of at least 4 members (excludes halogenated alkanes) is 3. The third-order valence-corrected chi connectivity index (χ3v) is 8.58. The van der Waals surface area contributed by atoms with Gasteiger partial charge in [-0.3, -0.25) is 9.59 Å². The van der Waals surface area contributed by atoms with E-state index in [9.17, 15) is 9.59 Å². The molecule has 230 valence electrons. The Labute approximate surface area is 263 Å². The molecule has 3 atom stereocenters. The quantitative estimate of drug-likeness (QED) is 0.107. The number of hydrogen-bond donors (Lipinski definition) is 1. The molecule has 4 aromatic rings. The van der Waals surface area contributed by atoms with Crippen LogP contribution in [0.3, 0.4) is 0 Å². The summed E-state index contributed by atoms with van der Waals surface area (Å²) in [6.45, 7) is 1.89. The highest BCUT2D eigenvalue weighted by Crippen LogP contribution is 2.37. The number of carbonyl (C=O) groups excluding carboxylic acids is 2. The van der Waals surface area contributed by atoms with Crippen molar-refractivity contribution < 1.29 is 23.5 Å². The predicted molar refractivity (Wildman–Crippen MR) is 173 cm³/mol. The largest absolute Gasteiger partial charge is 0.431 e. The lowest BCUT2D eigenvalue weighted by Gasteiger charge is -2.35. The first-order valence-corrected chi connectivity index (χ1v) is 16.5. The number of Topliss-reactive ketones (excluding diaryl/α,β-unsaturated/α-hetero) is 1. The van der Waals surface area contributed by atoms with E-state index in [-0.39, 0.29) is 18.1 Å². The first-order chi connectivity index (χ1) is 21.6. The number of ketones is 1. The Morgan fingerprint density at radius 1 is 0.818 bits per heavy atom. The van der Waals surface area contributed by atoms with Crippen molar-refractivity contribution in [3.8, 4) is 22.6 Å². The fourth-order valence-electron chi connectivity index (χ4n) is 5.21. The van der Waals surface area contributed by atoms with Crippen LogP contribution in [0.1, 0.15) is 70.0 Å². The number of amides is 1. The van der Waals surface area contributed by atoms with Crippen molar-refractivity contribution in [3.05, 3.63) is 96.6 Å². The zero-order chi connectivity index (χ0) is 30.6. The maximum atomic E-state index is 12.8. The van der Waals surface area contributed by atoms with Gasteiger partial charge in [0.15, 0.2) is 5.76 Å². The maximum Gasteiger partial charge on any atom is 0.256 e. The summed E-state index contributed by atoms with van der Waals surface area (Å²) in [6.07, 6.45) is 4.48. The molecule has 1 fully saturated rings. The molecular weight excluding hydrogens is 572 g/mol. The van der Waals surface area contributed by atoms with E-state index < -0.39 is 6.41 Å². The number of nitrogens with zero attached hydrogens (tertiary/aromatic N) is 1. The average Bonchev–Trinajstić information content (AvgIpc) is 3.51. The summed E-state index contributed by atoms with van der Waals surface area (Å²) in [5.41, 5.74) is 3.80. The minimum atomic E-state index is -0.849. The SMILES string of the molecule is CCC(=O)CCCCCCC(=O)NC1OC(CSc2nc(-c3ccccc3)c(-c3ccccc3)o2)CC(c2ccccc2)O1. The highest BCUT2D eigenvalue weighted by Gasteiger charge is 2.32. The third-order valence-electron chi connectivity index (χ3n) is 7.62. The highest BCUT2D eigenvalue weighted by atomic mass is 32.2. The van der Waals surface area contributed by atoms with Gasteiger partial charge < -0.3 is 19.2 Å². The van der Waals surface area contributed by atoms with Crippen LogP contribution in [0.4, 0.5) is 0 Å². The molecule has 7 nitrogen and oxygen atoms in total. The van der Waals surface area contributed by atoms with Gasteiger partial charge in [-0.2, -0.15) is 0 Å². The molecule has 1 saturated heterocycles. The molecule has 44 heavy (non-hydrogen) atoms. The fourth-order valence-corrected chi connectivity index (χ4v) is 6.05. The molecule has 5 rings (SSSR count). The van der Waals surface area contributed by atoms with Gasteiger partial charge in [0.2, 0.25) is 12.3 Å².